The van der Waals surface area contributed by atoms with Crippen LogP contribution in [0.25, 0.3) is 11.3 Å². The van der Waals surface area contributed by atoms with Crippen LogP contribution in [0.15, 0.2) is 48.7 Å². The van der Waals surface area contributed by atoms with Crippen LogP contribution in [0.4, 0.5) is 5.69 Å². The number of rotatable bonds is 4. The van der Waals surface area contributed by atoms with Gasteiger partial charge in [0.1, 0.15) is 18.9 Å². The van der Waals surface area contributed by atoms with Gasteiger partial charge >= 0.3 is 0 Å². The van der Waals surface area contributed by atoms with Crippen molar-refractivity contribution in [3.8, 4) is 17.0 Å². The molecular formula is C21H21N3O2. The van der Waals surface area contributed by atoms with Crippen LogP contribution in [0.3, 0.4) is 0 Å². The normalized spacial score (nSPS) is 12.1. The molecule has 0 atom stereocenters. The van der Waals surface area contributed by atoms with Crippen LogP contribution >= 0.6 is 0 Å². The third-order valence-electron chi connectivity index (χ3n) is 4.65. The number of aryl methyl sites for hydroxylation is 2. The molecule has 1 aliphatic heterocycles. The zero-order valence-electron chi connectivity index (χ0n) is 15.0. The number of carbonyl (C=O) groups is 1. The van der Waals surface area contributed by atoms with E-state index in [0.29, 0.717) is 6.61 Å². The number of ether oxygens (including phenoxy) is 1. The number of para-hydroxylation sites is 1. The average molecular weight is 347 g/mol. The smallest absolute Gasteiger partial charge is 0.246 e. The van der Waals surface area contributed by atoms with Gasteiger partial charge in [-0.3, -0.25) is 9.48 Å². The van der Waals surface area contributed by atoms with Crippen LogP contribution in [-0.2, 0) is 24.4 Å². The summed E-state index contributed by atoms with van der Waals surface area (Å²) in [4.78, 5) is 12.6. The maximum Gasteiger partial charge on any atom is 0.246 e. The van der Waals surface area contributed by atoms with E-state index in [9.17, 15) is 4.79 Å². The van der Waals surface area contributed by atoms with Crippen LogP contribution in [-0.4, -0.2) is 15.7 Å². The first-order valence-electron chi connectivity index (χ1n) is 8.82. The zero-order chi connectivity index (χ0) is 18.1. The molecule has 1 N–H and O–H groups in total. The fourth-order valence-electron chi connectivity index (χ4n) is 3.35. The molecule has 4 rings (SSSR count). The second kappa shape index (κ2) is 6.67. The third-order valence-corrected chi connectivity index (χ3v) is 4.65. The van der Waals surface area contributed by atoms with E-state index >= 15 is 0 Å². The van der Waals surface area contributed by atoms with Crippen LogP contribution < -0.4 is 10.1 Å². The van der Waals surface area contributed by atoms with Gasteiger partial charge in [0.2, 0.25) is 5.91 Å². The van der Waals surface area contributed by atoms with Crippen molar-refractivity contribution in [3.63, 3.8) is 0 Å². The number of fused-ring (bicyclic) bond motifs is 3. The highest BCUT2D eigenvalue weighted by atomic mass is 16.5. The predicted molar refractivity (Wildman–Crippen MR) is 101 cm³/mol. The second-order valence-electron chi connectivity index (χ2n) is 6.52. The van der Waals surface area contributed by atoms with Gasteiger partial charge < -0.3 is 10.1 Å². The van der Waals surface area contributed by atoms with E-state index in [0.717, 1.165) is 45.8 Å². The largest absolute Gasteiger partial charge is 0.488 e. The molecular weight excluding hydrogens is 326 g/mol. The van der Waals surface area contributed by atoms with Crippen LogP contribution in [0.5, 0.6) is 5.75 Å². The van der Waals surface area contributed by atoms with Crippen molar-refractivity contribution in [2.24, 2.45) is 0 Å². The molecule has 2 aromatic carbocycles. The Bertz CT molecular complexity index is 975. The third kappa shape index (κ3) is 2.96. The molecule has 5 heteroatoms. The summed E-state index contributed by atoms with van der Waals surface area (Å²) in [6.45, 7) is 4.77. The number of nitrogens with one attached hydrogen (secondary N) is 1. The van der Waals surface area contributed by atoms with Gasteiger partial charge in [-0.25, -0.2) is 0 Å². The first-order valence-corrected chi connectivity index (χ1v) is 8.82. The standard InChI is InChI=1S/C21H21N3O2/c1-3-15-6-4-5-7-18(15)23-20(25)12-24-21-16(11-22-24)13-26-19-9-8-14(2)10-17(19)21/h4-11H,3,12-13H2,1-2H3,(H,23,25). The number of hydrogen-bond donors (Lipinski definition) is 1. The molecule has 0 unspecified atom stereocenters. The maximum absolute atomic E-state index is 12.6. The predicted octanol–water partition coefficient (Wildman–Crippen LogP) is 3.95. The van der Waals surface area contributed by atoms with Crippen molar-refractivity contribution < 1.29 is 9.53 Å². The Morgan fingerprint density at radius 2 is 2.12 bits per heavy atom. The summed E-state index contributed by atoms with van der Waals surface area (Å²) in [6.07, 6.45) is 2.66. The number of hydrogen-bond acceptors (Lipinski definition) is 3. The fourth-order valence-corrected chi connectivity index (χ4v) is 3.35. The van der Waals surface area contributed by atoms with E-state index in [2.05, 4.69) is 23.4 Å². The minimum Gasteiger partial charge on any atom is -0.488 e. The highest BCUT2D eigenvalue weighted by molar-refractivity contribution is 5.91. The van der Waals surface area contributed by atoms with Gasteiger partial charge in [0.05, 0.1) is 11.9 Å². The topological polar surface area (TPSA) is 56.2 Å². The molecule has 0 saturated carbocycles. The van der Waals surface area contributed by atoms with Gasteiger partial charge in [-0.2, -0.15) is 5.10 Å². The number of nitrogens with zero attached hydrogens (tertiary/aromatic N) is 2. The Kier molecular flexibility index (Phi) is 4.21. The van der Waals surface area contributed by atoms with E-state index in [1.54, 1.807) is 10.9 Å². The summed E-state index contributed by atoms with van der Waals surface area (Å²) in [7, 11) is 0. The Hall–Kier alpha value is -3.08. The van der Waals surface area contributed by atoms with E-state index in [4.69, 9.17) is 4.74 Å². The lowest BCUT2D eigenvalue weighted by molar-refractivity contribution is -0.116. The number of benzene rings is 2. The molecule has 3 aromatic rings. The monoisotopic (exact) mass is 347 g/mol. The molecule has 0 aliphatic carbocycles. The van der Waals surface area contributed by atoms with Crippen LogP contribution in [0.2, 0.25) is 0 Å². The van der Waals surface area contributed by atoms with Crippen molar-refractivity contribution >= 4 is 11.6 Å². The highest BCUT2D eigenvalue weighted by Gasteiger charge is 2.23. The summed E-state index contributed by atoms with van der Waals surface area (Å²) >= 11 is 0. The molecule has 0 spiro atoms. The highest BCUT2D eigenvalue weighted by Crippen LogP contribution is 2.37. The summed E-state index contributed by atoms with van der Waals surface area (Å²) in [6, 6.07) is 14.0. The van der Waals surface area contributed by atoms with Crippen molar-refractivity contribution in [3.05, 3.63) is 65.4 Å². The van der Waals surface area contributed by atoms with Crippen LogP contribution in [0.1, 0.15) is 23.6 Å². The van der Waals surface area contributed by atoms with Gasteiger partial charge in [0.15, 0.2) is 0 Å². The molecule has 132 valence electrons. The Balaban J connectivity index is 1.61. The van der Waals surface area contributed by atoms with Gasteiger partial charge in [0, 0.05) is 16.8 Å². The molecule has 0 radical (unpaired) electrons. The number of carbonyl (C=O) groups excluding carboxylic acids is 1. The van der Waals surface area contributed by atoms with E-state index in [1.807, 2.05) is 43.3 Å². The molecule has 5 nitrogen and oxygen atoms in total. The first kappa shape index (κ1) is 16.4. The second-order valence-corrected chi connectivity index (χ2v) is 6.52. The summed E-state index contributed by atoms with van der Waals surface area (Å²) in [5.74, 6) is 0.749. The quantitative estimate of drug-likeness (QED) is 0.777. The summed E-state index contributed by atoms with van der Waals surface area (Å²) in [5.41, 5.74) is 6.09. The lowest BCUT2D eigenvalue weighted by Crippen LogP contribution is -2.21. The number of amides is 1. The molecule has 2 heterocycles. The lowest BCUT2D eigenvalue weighted by atomic mass is 10.0. The molecule has 1 amide bonds. The van der Waals surface area contributed by atoms with E-state index in [1.165, 1.54) is 0 Å². The lowest BCUT2D eigenvalue weighted by Gasteiger charge is -2.20. The zero-order valence-corrected chi connectivity index (χ0v) is 15.0. The fraction of sp³-hybridized carbons (Fsp3) is 0.238. The van der Waals surface area contributed by atoms with E-state index < -0.39 is 0 Å². The minimum absolute atomic E-state index is 0.0857. The first-order chi connectivity index (χ1) is 12.7. The molecule has 0 saturated heterocycles. The van der Waals surface area contributed by atoms with Gasteiger partial charge in [-0.05, 0) is 37.1 Å². The van der Waals surface area contributed by atoms with Crippen molar-refractivity contribution in [1.29, 1.82) is 0 Å². The van der Waals surface area contributed by atoms with Crippen molar-refractivity contribution in [2.75, 3.05) is 5.32 Å². The molecule has 0 fully saturated rings. The Labute approximate surface area is 152 Å². The Morgan fingerprint density at radius 1 is 1.27 bits per heavy atom. The van der Waals surface area contributed by atoms with Crippen molar-refractivity contribution in [2.45, 2.75) is 33.4 Å². The molecule has 1 aliphatic rings. The van der Waals surface area contributed by atoms with E-state index in [-0.39, 0.29) is 12.5 Å². The maximum atomic E-state index is 12.6. The average Bonchev–Trinajstić information content (AvgIpc) is 3.05. The summed E-state index contributed by atoms with van der Waals surface area (Å²) < 4.78 is 7.56. The van der Waals surface area contributed by atoms with Crippen molar-refractivity contribution in [1.82, 2.24) is 9.78 Å². The number of anilines is 1. The minimum atomic E-state index is -0.0857. The Morgan fingerprint density at radius 3 is 2.96 bits per heavy atom. The molecule has 1 aromatic heterocycles. The summed E-state index contributed by atoms with van der Waals surface area (Å²) in [5, 5.41) is 7.44. The number of aromatic nitrogens is 2. The molecule has 26 heavy (non-hydrogen) atoms. The van der Waals surface area contributed by atoms with Gasteiger partial charge in [0.25, 0.3) is 0 Å². The molecule has 0 bridgehead atoms. The van der Waals surface area contributed by atoms with Gasteiger partial charge in [-0.1, -0.05) is 36.8 Å². The van der Waals surface area contributed by atoms with Crippen LogP contribution in [0, 0.1) is 6.92 Å². The van der Waals surface area contributed by atoms with Gasteiger partial charge in [-0.15, -0.1) is 0 Å². The SMILES string of the molecule is CCc1ccccc1NC(=O)Cn1ncc2c1-c1cc(C)ccc1OC2.